The first kappa shape index (κ1) is 20.2. The number of benzene rings is 2. The molecule has 0 fully saturated rings. The molecule has 0 spiro atoms. The maximum Gasteiger partial charge on any atom is 0.338 e. The van der Waals surface area contributed by atoms with Gasteiger partial charge in [0.2, 0.25) is 0 Å². The lowest BCUT2D eigenvalue weighted by molar-refractivity contribution is 0.0693. The summed E-state index contributed by atoms with van der Waals surface area (Å²) in [7, 11) is 6.01. The minimum atomic E-state index is -1.21. The van der Waals surface area contributed by atoms with E-state index in [9.17, 15) is 15.0 Å². The molecule has 3 rings (SSSR count). The van der Waals surface area contributed by atoms with Crippen LogP contribution in [0.2, 0.25) is 0 Å². The van der Waals surface area contributed by atoms with E-state index in [0.717, 1.165) is 0 Å². The predicted molar refractivity (Wildman–Crippen MR) is 106 cm³/mol. The number of hydrogen-bond donors (Lipinski definition) is 2. The predicted octanol–water partition coefficient (Wildman–Crippen LogP) is 3.13. The van der Waals surface area contributed by atoms with Crippen molar-refractivity contribution in [1.82, 2.24) is 4.98 Å². The second-order valence-electron chi connectivity index (χ2n) is 6.07. The van der Waals surface area contributed by atoms with Crippen LogP contribution in [0.5, 0.6) is 23.0 Å². The molecule has 3 aromatic rings. The highest BCUT2D eigenvalue weighted by molar-refractivity contribution is 6.08. The lowest BCUT2D eigenvalue weighted by Gasteiger charge is -2.17. The molecule has 2 aromatic carbocycles. The van der Waals surface area contributed by atoms with Crippen LogP contribution in [0.3, 0.4) is 0 Å². The summed E-state index contributed by atoms with van der Waals surface area (Å²) < 4.78 is 21.3. The Morgan fingerprint density at radius 3 is 2.03 bits per heavy atom. The summed E-state index contributed by atoms with van der Waals surface area (Å²) in [5.41, 5.74) is 1.35. The Kier molecular flexibility index (Phi) is 5.74. The largest absolute Gasteiger partial charge is 0.493 e. The van der Waals surface area contributed by atoms with Crippen LogP contribution in [-0.4, -0.2) is 49.6 Å². The number of aromatic carboxylic acids is 1. The quantitative estimate of drug-likeness (QED) is 0.624. The van der Waals surface area contributed by atoms with E-state index in [0.29, 0.717) is 45.0 Å². The Morgan fingerprint density at radius 2 is 1.48 bits per heavy atom. The summed E-state index contributed by atoms with van der Waals surface area (Å²) >= 11 is 0. The molecule has 1 heterocycles. The first-order valence-corrected chi connectivity index (χ1v) is 8.64. The minimum absolute atomic E-state index is 0.0435. The number of fused-ring (bicyclic) bond motifs is 1. The third kappa shape index (κ3) is 3.50. The van der Waals surface area contributed by atoms with E-state index in [1.165, 1.54) is 28.4 Å². The van der Waals surface area contributed by atoms with E-state index in [1.807, 2.05) is 0 Å². The highest BCUT2D eigenvalue weighted by atomic mass is 16.5. The minimum Gasteiger partial charge on any atom is -0.493 e. The van der Waals surface area contributed by atoms with Gasteiger partial charge in [0.15, 0.2) is 23.0 Å². The molecule has 1 aromatic heterocycles. The topological polar surface area (TPSA) is 107 Å². The van der Waals surface area contributed by atoms with Gasteiger partial charge in [-0.05, 0) is 23.8 Å². The van der Waals surface area contributed by atoms with Crippen LogP contribution in [0.4, 0.5) is 0 Å². The monoisotopic (exact) mass is 399 g/mol. The molecule has 0 aliphatic rings. The third-order valence-electron chi connectivity index (χ3n) is 4.60. The van der Waals surface area contributed by atoms with Crippen LogP contribution in [0.15, 0.2) is 30.3 Å². The van der Waals surface area contributed by atoms with E-state index in [1.54, 1.807) is 30.3 Å². The molecular formula is C21H21NO7. The van der Waals surface area contributed by atoms with Gasteiger partial charge in [-0.25, -0.2) is 9.78 Å². The van der Waals surface area contributed by atoms with Gasteiger partial charge in [-0.3, -0.25) is 0 Å². The van der Waals surface area contributed by atoms with Crippen molar-refractivity contribution in [3.05, 3.63) is 41.6 Å². The van der Waals surface area contributed by atoms with E-state index in [-0.39, 0.29) is 11.3 Å². The zero-order valence-corrected chi connectivity index (χ0v) is 16.5. The fraction of sp³-hybridized carbons (Fsp3) is 0.238. The lowest BCUT2D eigenvalue weighted by atomic mass is 9.93. The van der Waals surface area contributed by atoms with Gasteiger partial charge >= 0.3 is 5.97 Å². The molecule has 0 saturated carbocycles. The molecule has 0 amide bonds. The molecule has 0 aliphatic carbocycles. The fourth-order valence-corrected chi connectivity index (χ4v) is 3.28. The van der Waals surface area contributed by atoms with Gasteiger partial charge in [0, 0.05) is 17.0 Å². The van der Waals surface area contributed by atoms with Crippen LogP contribution in [0.25, 0.3) is 22.0 Å². The number of carboxylic acids is 1. The fourth-order valence-electron chi connectivity index (χ4n) is 3.28. The Balaban J connectivity index is 2.47. The Hall–Kier alpha value is -3.52. The lowest BCUT2D eigenvalue weighted by Crippen LogP contribution is -2.09. The molecule has 0 bridgehead atoms. The zero-order chi connectivity index (χ0) is 21.1. The molecular weight excluding hydrogens is 378 g/mol. The number of aliphatic hydroxyl groups is 1. The number of ether oxygens (including phenoxy) is 4. The molecule has 29 heavy (non-hydrogen) atoms. The molecule has 0 saturated heterocycles. The number of aliphatic hydroxyl groups excluding tert-OH is 1. The highest BCUT2D eigenvalue weighted by Crippen LogP contribution is 2.41. The maximum atomic E-state index is 12.1. The van der Waals surface area contributed by atoms with Gasteiger partial charge < -0.3 is 29.2 Å². The zero-order valence-electron chi connectivity index (χ0n) is 16.5. The molecule has 8 nitrogen and oxygen atoms in total. The van der Waals surface area contributed by atoms with Crippen molar-refractivity contribution in [2.45, 2.75) is 6.61 Å². The number of carbonyl (C=O) groups is 1. The normalized spacial score (nSPS) is 10.7. The summed E-state index contributed by atoms with van der Waals surface area (Å²) in [6, 6.07) is 8.40. The maximum absolute atomic E-state index is 12.1. The van der Waals surface area contributed by atoms with E-state index < -0.39 is 12.6 Å². The number of hydrogen-bond acceptors (Lipinski definition) is 7. The number of aromatic nitrogens is 1. The summed E-state index contributed by atoms with van der Waals surface area (Å²) in [5, 5.41) is 20.2. The average molecular weight is 399 g/mol. The molecule has 0 unspecified atom stereocenters. The van der Waals surface area contributed by atoms with E-state index in [4.69, 9.17) is 18.9 Å². The van der Waals surface area contributed by atoms with Crippen molar-refractivity contribution in [3.8, 4) is 34.1 Å². The summed E-state index contributed by atoms with van der Waals surface area (Å²) in [5.74, 6) is 0.614. The van der Waals surface area contributed by atoms with Gasteiger partial charge in [0.25, 0.3) is 0 Å². The smallest absolute Gasteiger partial charge is 0.338 e. The van der Waals surface area contributed by atoms with Crippen LogP contribution in [0.1, 0.15) is 16.1 Å². The average Bonchev–Trinajstić information content (AvgIpc) is 2.75. The standard InChI is InChI=1S/C21H21NO7/c1-26-15-6-5-11(7-16(15)27-2)19-12-8-17(28-3)18(29-4)9-13(12)22-14(10-23)20(19)21(24)25/h5-9,23H,10H2,1-4H3,(H,24,25). The Morgan fingerprint density at radius 1 is 0.897 bits per heavy atom. The van der Waals surface area contributed by atoms with Crippen molar-refractivity contribution < 1.29 is 34.0 Å². The van der Waals surface area contributed by atoms with Gasteiger partial charge in [-0.2, -0.15) is 0 Å². The first-order valence-electron chi connectivity index (χ1n) is 8.64. The number of carboxylic acid groups (broad SMARTS) is 1. The van der Waals surface area contributed by atoms with Crippen LogP contribution in [0, 0.1) is 0 Å². The second kappa shape index (κ2) is 8.24. The second-order valence-corrected chi connectivity index (χ2v) is 6.07. The Bertz CT molecular complexity index is 1080. The molecule has 0 aliphatic heterocycles. The third-order valence-corrected chi connectivity index (χ3v) is 4.60. The highest BCUT2D eigenvalue weighted by Gasteiger charge is 2.24. The molecule has 8 heteroatoms. The van der Waals surface area contributed by atoms with Crippen molar-refractivity contribution >= 4 is 16.9 Å². The summed E-state index contributed by atoms with van der Waals surface area (Å²) in [6.45, 7) is -0.536. The number of nitrogens with zero attached hydrogens (tertiary/aromatic N) is 1. The molecule has 2 N–H and O–H groups in total. The number of pyridine rings is 1. The van der Waals surface area contributed by atoms with Crippen molar-refractivity contribution in [2.24, 2.45) is 0 Å². The van der Waals surface area contributed by atoms with E-state index in [2.05, 4.69) is 4.98 Å². The molecule has 0 atom stereocenters. The van der Waals surface area contributed by atoms with Crippen LogP contribution in [-0.2, 0) is 6.61 Å². The van der Waals surface area contributed by atoms with Gasteiger partial charge in [-0.15, -0.1) is 0 Å². The van der Waals surface area contributed by atoms with Crippen LogP contribution >= 0.6 is 0 Å². The number of methoxy groups -OCH3 is 4. The van der Waals surface area contributed by atoms with E-state index >= 15 is 0 Å². The SMILES string of the molecule is COc1ccc(-c2c(C(=O)O)c(CO)nc3cc(OC)c(OC)cc23)cc1OC. The molecule has 0 radical (unpaired) electrons. The molecule has 152 valence electrons. The van der Waals surface area contributed by atoms with Gasteiger partial charge in [0.1, 0.15) is 0 Å². The first-order chi connectivity index (χ1) is 14.0. The summed E-state index contributed by atoms with van der Waals surface area (Å²) in [4.78, 5) is 16.4. The van der Waals surface area contributed by atoms with Gasteiger partial charge in [-0.1, -0.05) is 6.07 Å². The Labute approximate surface area is 167 Å². The van der Waals surface area contributed by atoms with Crippen molar-refractivity contribution in [3.63, 3.8) is 0 Å². The van der Waals surface area contributed by atoms with Crippen LogP contribution < -0.4 is 18.9 Å². The number of rotatable bonds is 7. The van der Waals surface area contributed by atoms with Gasteiger partial charge in [0.05, 0.1) is 51.8 Å². The van der Waals surface area contributed by atoms with Crippen molar-refractivity contribution in [1.29, 1.82) is 0 Å². The van der Waals surface area contributed by atoms with Crippen molar-refractivity contribution in [2.75, 3.05) is 28.4 Å². The summed E-state index contributed by atoms with van der Waals surface area (Å²) in [6.07, 6.45) is 0.